The lowest BCUT2D eigenvalue weighted by Gasteiger charge is -2.40. The molecule has 0 saturated carbocycles. The van der Waals surface area contributed by atoms with Crippen LogP contribution in [-0.2, 0) is 0 Å². The number of aromatic amines is 1. The van der Waals surface area contributed by atoms with Crippen LogP contribution < -0.4 is 5.43 Å². The average molecular weight is 353 g/mol. The summed E-state index contributed by atoms with van der Waals surface area (Å²) in [4.78, 5) is 32.9. The zero-order valence-electron chi connectivity index (χ0n) is 15.5. The Balaban J connectivity index is 1.53. The molecule has 2 saturated heterocycles. The second-order valence-electron chi connectivity index (χ2n) is 8.04. The van der Waals surface area contributed by atoms with Crippen molar-refractivity contribution in [3.8, 4) is 0 Å². The molecule has 26 heavy (non-hydrogen) atoms. The first-order valence-corrected chi connectivity index (χ1v) is 9.66. The van der Waals surface area contributed by atoms with Gasteiger partial charge in [-0.25, -0.2) is 0 Å². The molecule has 0 radical (unpaired) electrons. The molecule has 5 heteroatoms. The maximum Gasteiger partial charge on any atom is 0.270 e. The smallest absolute Gasteiger partial charge is 0.270 e. The van der Waals surface area contributed by atoms with Gasteiger partial charge in [-0.05, 0) is 69.8 Å². The minimum absolute atomic E-state index is 0.0437. The van der Waals surface area contributed by atoms with E-state index in [4.69, 9.17) is 0 Å². The number of carbonyl (C=O) groups is 1. The van der Waals surface area contributed by atoms with Crippen LogP contribution in [0.5, 0.6) is 0 Å². The van der Waals surface area contributed by atoms with Crippen LogP contribution in [0, 0.1) is 5.41 Å². The minimum Gasteiger partial charge on any atom is -0.350 e. The highest BCUT2D eigenvalue weighted by molar-refractivity contribution is 5.94. The van der Waals surface area contributed by atoms with E-state index in [9.17, 15) is 9.59 Å². The number of amides is 1. The summed E-state index contributed by atoms with van der Waals surface area (Å²) in [6.07, 6.45) is 5.80. The lowest BCUT2D eigenvalue weighted by Crippen LogP contribution is -2.39. The van der Waals surface area contributed by atoms with Crippen molar-refractivity contribution in [2.24, 2.45) is 5.41 Å². The second-order valence-corrected chi connectivity index (χ2v) is 8.04. The number of nitrogens with zero attached hydrogens (tertiary/aromatic N) is 2. The molecule has 1 aromatic carbocycles. The quantitative estimate of drug-likeness (QED) is 0.858. The van der Waals surface area contributed by atoms with Gasteiger partial charge in [0.05, 0.1) is 0 Å². The third kappa shape index (κ3) is 3.28. The molecule has 1 amide bonds. The fraction of sp³-hybridized carbons (Fsp3) is 0.524. The van der Waals surface area contributed by atoms with Crippen molar-refractivity contribution in [3.63, 3.8) is 0 Å². The predicted octanol–water partition coefficient (Wildman–Crippen LogP) is 2.87. The maximum atomic E-state index is 13.0. The van der Waals surface area contributed by atoms with Crippen molar-refractivity contribution in [2.45, 2.75) is 32.1 Å². The number of aromatic nitrogens is 1. The first kappa shape index (κ1) is 17.3. The summed E-state index contributed by atoms with van der Waals surface area (Å²) in [5.74, 6) is -0.0437. The minimum atomic E-state index is -0.0932. The van der Waals surface area contributed by atoms with Crippen LogP contribution in [0.4, 0.5) is 0 Å². The Labute approximate surface area is 154 Å². The number of nitrogens with one attached hydrogen (secondary N) is 1. The Morgan fingerprint density at radius 2 is 1.77 bits per heavy atom. The first-order chi connectivity index (χ1) is 12.6. The van der Waals surface area contributed by atoms with Gasteiger partial charge in [0.25, 0.3) is 5.91 Å². The zero-order chi connectivity index (χ0) is 18.1. The zero-order valence-corrected chi connectivity index (χ0v) is 15.5. The third-order valence-electron chi connectivity index (χ3n) is 6.35. The number of para-hydroxylation sites is 1. The van der Waals surface area contributed by atoms with Gasteiger partial charge in [0.2, 0.25) is 0 Å². The van der Waals surface area contributed by atoms with E-state index in [1.165, 1.54) is 25.3 Å². The van der Waals surface area contributed by atoms with E-state index in [1.807, 2.05) is 23.1 Å². The highest BCUT2D eigenvalue weighted by Crippen LogP contribution is 2.41. The van der Waals surface area contributed by atoms with Crippen LogP contribution in [0.1, 0.15) is 42.6 Å². The highest BCUT2D eigenvalue weighted by Gasteiger charge is 2.36. The van der Waals surface area contributed by atoms with Gasteiger partial charge >= 0.3 is 0 Å². The average Bonchev–Trinajstić information content (AvgIpc) is 2.87. The Morgan fingerprint density at radius 3 is 2.58 bits per heavy atom. The molecule has 2 aromatic rings. The number of rotatable bonds is 1. The van der Waals surface area contributed by atoms with Gasteiger partial charge in [0, 0.05) is 30.1 Å². The SMILES string of the molecule is CN1CCC2(CCCN(C(=O)c3cc(=O)c4ccccc4[nH]3)CC2)CC1. The number of benzene rings is 1. The molecule has 2 aliphatic heterocycles. The molecule has 1 N–H and O–H groups in total. The molecule has 3 heterocycles. The molecule has 4 rings (SSSR count). The number of hydrogen-bond acceptors (Lipinski definition) is 3. The van der Waals surface area contributed by atoms with E-state index in [0.29, 0.717) is 16.5 Å². The van der Waals surface area contributed by atoms with Gasteiger partial charge in [-0.3, -0.25) is 9.59 Å². The lowest BCUT2D eigenvalue weighted by atomic mass is 9.73. The van der Waals surface area contributed by atoms with Gasteiger partial charge < -0.3 is 14.8 Å². The van der Waals surface area contributed by atoms with E-state index in [0.717, 1.165) is 44.5 Å². The second kappa shape index (κ2) is 6.88. The van der Waals surface area contributed by atoms with E-state index in [-0.39, 0.29) is 11.3 Å². The summed E-state index contributed by atoms with van der Waals surface area (Å²) in [6.45, 7) is 3.89. The van der Waals surface area contributed by atoms with Crippen molar-refractivity contribution < 1.29 is 4.79 Å². The van der Waals surface area contributed by atoms with E-state index < -0.39 is 0 Å². The highest BCUT2D eigenvalue weighted by atomic mass is 16.2. The van der Waals surface area contributed by atoms with Crippen LogP contribution in [0.3, 0.4) is 0 Å². The molecule has 0 atom stereocenters. The van der Waals surface area contributed by atoms with Crippen molar-refractivity contribution >= 4 is 16.8 Å². The van der Waals surface area contributed by atoms with Gasteiger partial charge in [-0.15, -0.1) is 0 Å². The Kier molecular flexibility index (Phi) is 4.57. The van der Waals surface area contributed by atoms with Crippen LogP contribution >= 0.6 is 0 Å². The lowest BCUT2D eigenvalue weighted by molar-refractivity contribution is 0.0729. The molecule has 0 aliphatic carbocycles. The Morgan fingerprint density at radius 1 is 1.04 bits per heavy atom. The fourth-order valence-electron chi connectivity index (χ4n) is 4.53. The monoisotopic (exact) mass is 353 g/mol. The normalized spacial score (nSPS) is 21.0. The Bertz CT molecular complexity index is 865. The summed E-state index contributed by atoms with van der Waals surface area (Å²) in [5, 5.41) is 0.630. The molecule has 5 nitrogen and oxygen atoms in total. The van der Waals surface area contributed by atoms with E-state index in [2.05, 4.69) is 16.9 Å². The molecular formula is C21H27N3O2. The number of likely N-dealkylation sites (tertiary alicyclic amines) is 2. The topological polar surface area (TPSA) is 56.4 Å². The van der Waals surface area contributed by atoms with Crippen LogP contribution in [0.25, 0.3) is 10.9 Å². The molecule has 0 unspecified atom stereocenters. The number of pyridine rings is 1. The van der Waals surface area contributed by atoms with Crippen molar-refractivity contribution in [3.05, 3.63) is 46.2 Å². The van der Waals surface area contributed by atoms with Crippen LogP contribution in [0.15, 0.2) is 35.1 Å². The fourth-order valence-corrected chi connectivity index (χ4v) is 4.53. The molecule has 2 fully saturated rings. The van der Waals surface area contributed by atoms with Crippen molar-refractivity contribution in [1.29, 1.82) is 0 Å². The molecule has 1 aromatic heterocycles. The van der Waals surface area contributed by atoms with Crippen molar-refractivity contribution in [2.75, 3.05) is 33.2 Å². The van der Waals surface area contributed by atoms with E-state index >= 15 is 0 Å². The third-order valence-corrected chi connectivity index (χ3v) is 6.35. The molecule has 138 valence electrons. The van der Waals surface area contributed by atoms with Crippen LogP contribution in [-0.4, -0.2) is 53.9 Å². The number of carbonyl (C=O) groups excluding carboxylic acids is 1. The molecule has 2 aliphatic rings. The number of H-pyrrole nitrogens is 1. The summed E-state index contributed by atoms with van der Waals surface area (Å²) in [6, 6.07) is 8.82. The predicted molar refractivity (Wildman–Crippen MR) is 103 cm³/mol. The Hall–Kier alpha value is -2.14. The number of piperidine rings is 1. The molecule has 0 bridgehead atoms. The van der Waals surface area contributed by atoms with Gasteiger partial charge in [0.1, 0.15) is 5.69 Å². The summed E-state index contributed by atoms with van der Waals surface area (Å²) >= 11 is 0. The first-order valence-electron chi connectivity index (χ1n) is 9.66. The van der Waals surface area contributed by atoms with Gasteiger partial charge in [0.15, 0.2) is 5.43 Å². The molecule has 1 spiro atoms. The summed E-state index contributed by atoms with van der Waals surface area (Å²) in [5.41, 5.74) is 1.44. The summed E-state index contributed by atoms with van der Waals surface area (Å²) in [7, 11) is 2.19. The van der Waals surface area contributed by atoms with Crippen molar-refractivity contribution in [1.82, 2.24) is 14.8 Å². The standard InChI is InChI=1S/C21H27N3O2/c1-23-12-8-21(9-13-23)7-4-11-24(14-10-21)20(26)18-15-19(25)16-5-2-3-6-17(16)22-18/h2-3,5-6,15H,4,7-14H2,1H3,(H,22,25). The van der Waals surface area contributed by atoms with E-state index in [1.54, 1.807) is 6.07 Å². The van der Waals surface area contributed by atoms with Gasteiger partial charge in [-0.2, -0.15) is 0 Å². The number of hydrogen-bond donors (Lipinski definition) is 1. The van der Waals surface area contributed by atoms with Gasteiger partial charge in [-0.1, -0.05) is 12.1 Å². The summed E-state index contributed by atoms with van der Waals surface area (Å²) < 4.78 is 0. The number of fused-ring (bicyclic) bond motifs is 1. The maximum absolute atomic E-state index is 13.0. The largest absolute Gasteiger partial charge is 0.350 e. The molecular weight excluding hydrogens is 326 g/mol. The van der Waals surface area contributed by atoms with Crippen LogP contribution in [0.2, 0.25) is 0 Å².